The summed E-state index contributed by atoms with van der Waals surface area (Å²) in [6.07, 6.45) is 1.04. The number of amides is 2. The topological polar surface area (TPSA) is 86.8 Å². The van der Waals surface area contributed by atoms with Gasteiger partial charge in [0.25, 0.3) is 10.0 Å². The van der Waals surface area contributed by atoms with Gasteiger partial charge in [0, 0.05) is 12.6 Å². The summed E-state index contributed by atoms with van der Waals surface area (Å²) in [6, 6.07) is 17.3. The third-order valence-electron chi connectivity index (χ3n) is 7.11. The predicted molar refractivity (Wildman–Crippen MR) is 166 cm³/mol. The summed E-state index contributed by atoms with van der Waals surface area (Å²) >= 11 is 12.4. The number of benzene rings is 3. The Morgan fingerprint density at radius 3 is 2.15 bits per heavy atom. The molecule has 7 nitrogen and oxygen atoms in total. The van der Waals surface area contributed by atoms with Crippen LogP contribution in [-0.2, 0) is 26.2 Å². The van der Waals surface area contributed by atoms with Crippen LogP contribution < -0.4 is 9.62 Å². The third kappa shape index (κ3) is 8.03. The molecule has 0 unspecified atom stereocenters. The minimum atomic E-state index is -4.13. The minimum Gasteiger partial charge on any atom is -0.352 e. The van der Waals surface area contributed by atoms with Gasteiger partial charge in [-0.3, -0.25) is 13.9 Å². The van der Waals surface area contributed by atoms with Crippen LogP contribution in [-0.4, -0.2) is 43.8 Å². The second kappa shape index (κ2) is 14.2. The van der Waals surface area contributed by atoms with E-state index in [-0.39, 0.29) is 23.4 Å². The van der Waals surface area contributed by atoms with Gasteiger partial charge in [-0.15, -0.1) is 0 Å². The van der Waals surface area contributed by atoms with Crippen molar-refractivity contribution in [2.24, 2.45) is 0 Å². The molecule has 1 N–H and O–H groups in total. The van der Waals surface area contributed by atoms with Crippen LogP contribution in [0.2, 0.25) is 10.0 Å². The van der Waals surface area contributed by atoms with Crippen LogP contribution in [0.25, 0.3) is 0 Å². The summed E-state index contributed by atoms with van der Waals surface area (Å²) in [7, 11) is -4.13. The van der Waals surface area contributed by atoms with Crippen molar-refractivity contribution in [1.29, 1.82) is 0 Å². The van der Waals surface area contributed by atoms with Gasteiger partial charge in [-0.05, 0) is 86.7 Å². The molecule has 2 atom stereocenters. The van der Waals surface area contributed by atoms with E-state index >= 15 is 0 Å². The monoisotopic (exact) mass is 617 g/mol. The van der Waals surface area contributed by atoms with E-state index in [2.05, 4.69) is 5.32 Å². The van der Waals surface area contributed by atoms with E-state index in [0.29, 0.717) is 27.7 Å². The zero-order valence-electron chi connectivity index (χ0n) is 24.0. The Hall–Kier alpha value is -3.07. The highest BCUT2D eigenvalue weighted by Gasteiger charge is 2.34. The Morgan fingerprint density at radius 2 is 1.56 bits per heavy atom. The van der Waals surface area contributed by atoms with Crippen LogP contribution in [0.5, 0.6) is 0 Å². The average molecular weight is 619 g/mol. The van der Waals surface area contributed by atoms with Gasteiger partial charge in [-0.2, -0.15) is 0 Å². The van der Waals surface area contributed by atoms with E-state index in [4.69, 9.17) is 23.2 Å². The number of nitrogens with one attached hydrogen (secondary N) is 1. The highest BCUT2D eigenvalue weighted by Crippen LogP contribution is 2.28. The number of hydrogen-bond acceptors (Lipinski definition) is 4. The predicted octanol–water partition coefficient (Wildman–Crippen LogP) is 6.53. The van der Waals surface area contributed by atoms with E-state index in [1.165, 1.54) is 17.0 Å². The van der Waals surface area contributed by atoms with E-state index < -0.39 is 28.5 Å². The molecule has 0 aliphatic heterocycles. The first-order chi connectivity index (χ1) is 19.4. The molecule has 41 heavy (non-hydrogen) atoms. The standard InChI is InChI=1S/C31H37Cl2N3O4S/c1-6-23(5)34-31(38)29(7-2)35(19-24-14-16-27(32)28(33)18-24)30(37)20-36(25-15-13-21(3)22(4)17-25)41(39,40)26-11-9-8-10-12-26/h8-18,23,29H,6-7,19-20H2,1-5H3,(H,34,38)/t23-,29+/m1/s1. The largest absolute Gasteiger partial charge is 0.352 e. The Labute approximate surface area is 253 Å². The number of carbonyl (C=O) groups is 2. The summed E-state index contributed by atoms with van der Waals surface area (Å²) in [5.41, 5.74) is 2.89. The maximum absolute atomic E-state index is 14.2. The molecule has 0 saturated heterocycles. The molecule has 220 valence electrons. The number of rotatable bonds is 12. The molecule has 0 saturated carbocycles. The van der Waals surface area contributed by atoms with E-state index in [1.807, 2.05) is 40.7 Å². The summed E-state index contributed by atoms with van der Waals surface area (Å²) in [6.45, 7) is 9.02. The lowest BCUT2D eigenvalue weighted by molar-refractivity contribution is -0.140. The molecule has 3 aromatic rings. The van der Waals surface area contributed by atoms with Crippen LogP contribution in [0.3, 0.4) is 0 Å². The maximum atomic E-state index is 14.2. The summed E-state index contributed by atoms with van der Waals surface area (Å²) in [5, 5.41) is 3.65. The molecule has 0 spiro atoms. The number of anilines is 1. The number of aryl methyl sites for hydroxylation is 2. The molecule has 3 aromatic carbocycles. The molecule has 0 radical (unpaired) electrons. The molecule has 0 aromatic heterocycles. The second-order valence-electron chi connectivity index (χ2n) is 10.1. The molecule has 0 bridgehead atoms. The Bertz CT molecular complexity index is 1480. The highest BCUT2D eigenvalue weighted by molar-refractivity contribution is 7.92. The highest BCUT2D eigenvalue weighted by atomic mass is 35.5. The fourth-order valence-corrected chi connectivity index (χ4v) is 6.07. The smallest absolute Gasteiger partial charge is 0.264 e. The summed E-state index contributed by atoms with van der Waals surface area (Å²) < 4.78 is 29.0. The quantitative estimate of drug-likeness (QED) is 0.250. The first kappa shape index (κ1) is 32.4. The van der Waals surface area contributed by atoms with Gasteiger partial charge < -0.3 is 10.2 Å². The van der Waals surface area contributed by atoms with Crippen LogP contribution in [0.1, 0.15) is 50.3 Å². The molecular formula is C31H37Cl2N3O4S. The molecule has 0 aliphatic carbocycles. The zero-order chi connectivity index (χ0) is 30.3. The van der Waals surface area contributed by atoms with Gasteiger partial charge in [0.2, 0.25) is 11.8 Å². The van der Waals surface area contributed by atoms with Crippen LogP contribution in [0.15, 0.2) is 71.6 Å². The normalized spacial score (nSPS) is 12.9. The molecule has 2 amide bonds. The number of hydrogen-bond donors (Lipinski definition) is 1. The number of halogens is 2. The van der Waals surface area contributed by atoms with Gasteiger partial charge in [0.1, 0.15) is 12.6 Å². The van der Waals surface area contributed by atoms with Crippen molar-refractivity contribution in [3.8, 4) is 0 Å². The van der Waals surface area contributed by atoms with Crippen molar-refractivity contribution in [3.63, 3.8) is 0 Å². The van der Waals surface area contributed by atoms with Gasteiger partial charge in [-0.25, -0.2) is 8.42 Å². The lowest BCUT2D eigenvalue weighted by Gasteiger charge is -2.34. The van der Waals surface area contributed by atoms with Crippen LogP contribution in [0.4, 0.5) is 5.69 Å². The number of carbonyl (C=O) groups excluding carboxylic acids is 2. The van der Waals surface area contributed by atoms with Gasteiger partial charge in [-0.1, -0.05) is 67.4 Å². The Kier molecular flexibility index (Phi) is 11.2. The minimum absolute atomic E-state index is 0.0360. The lowest BCUT2D eigenvalue weighted by Crippen LogP contribution is -2.53. The molecule has 0 fully saturated rings. The van der Waals surface area contributed by atoms with Crippen molar-refractivity contribution in [2.45, 2.75) is 71.0 Å². The average Bonchev–Trinajstić information content (AvgIpc) is 2.95. The molecule has 0 aliphatic rings. The third-order valence-corrected chi connectivity index (χ3v) is 9.64. The fraction of sp³-hybridized carbons (Fsp3) is 0.355. The van der Waals surface area contributed by atoms with Crippen molar-refractivity contribution in [1.82, 2.24) is 10.2 Å². The summed E-state index contributed by atoms with van der Waals surface area (Å²) in [4.78, 5) is 29.0. The second-order valence-corrected chi connectivity index (χ2v) is 12.8. The van der Waals surface area contributed by atoms with E-state index in [9.17, 15) is 18.0 Å². The molecule has 0 heterocycles. The fourth-order valence-electron chi connectivity index (χ4n) is 4.32. The molecule has 3 rings (SSSR count). The van der Waals surface area contributed by atoms with E-state index in [0.717, 1.165) is 21.9 Å². The van der Waals surface area contributed by atoms with Gasteiger partial charge in [0.15, 0.2) is 0 Å². The van der Waals surface area contributed by atoms with Crippen LogP contribution in [0, 0.1) is 13.8 Å². The van der Waals surface area contributed by atoms with Crippen molar-refractivity contribution < 1.29 is 18.0 Å². The number of sulfonamides is 1. The molecular weight excluding hydrogens is 581 g/mol. The maximum Gasteiger partial charge on any atom is 0.264 e. The van der Waals surface area contributed by atoms with E-state index in [1.54, 1.807) is 48.5 Å². The van der Waals surface area contributed by atoms with Crippen LogP contribution >= 0.6 is 23.2 Å². The SMILES string of the molecule is CC[C@@H](C)NC(=O)[C@H](CC)N(Cc1ccc(Cl)c(Cl)c1)C(=O)CN(c1ccc(C)c(C)c1)S(=O)(=O)c1ccccc1. The van der Waals surface area contributed by atoms with Gasteiger partial charge in [0.05, 0.1) is 20.6 Å². The lowest BCUT2D eigenvalue weighted by atomic mass is 10.1. The summed E-state index contributed by atoms with van der Waals surface area (Å²) in [5.74, 6) is -0.834. The Balaban J connectivity index is 2.09. The first-order valence-electron chi connectivity index (χ1n) is 13.6. The zero-order valence-corrected chi connectivity index (χ0v) is 26.4. The van der Waals surface area contributed by atoms with Gasteiger partial charge >= 0.3 is 0 Å². The Morgan fingerprint density at radius 1 is 0.878 bits per heavy atom. The van der Waals surface area contributed by atoms with Crippen molar-refractivity contribution in [3.05, 3.63) is 93.5 Å². The van der Waals surface area contributed by atoms with Crippen molar-refractivity contribution in [2.75, 3.05) is 10.8 Å². The van der Waals surface area contributed by atoms with Crippen molar-refractivity contribution >= 4 is 50.7 Å². The number of nitrogens with zero attached hydrogens (tertiary/aromatic N) is 2. The first-order valence-corrected chi connectivity index (χ1v) is 15.8. The molecule has 10 heteroatoms.